The van der Waals surface area contributed by atoms with E-state index >= 15 is 4.79 Å². The minimum atomic E-state index is -3.57. The van der Waals surface area contributed by atoms with Gasteiger partial charge in [-0.05, 0) is 94.8 Å². The van der Waals surface area contributed by atoms with Gasteiger partial charge in [-0.2, -0.15) is 0 Å². The second kappa shape index (κ2) is 15.8. The summed E-state index contributed by atoms with van der Waals surface area (Å²) in [6.45, 7) is 13.6. The molecule has 0 aromatic carbocycles. The van der Waals surface area contributed by atoms with E-state index in [9.17, 15) is 27.6 Å². The summed E-state index contributed by atoms with van der Waals surface area (Å²) in [5.74, 6) is -2.31. The number of hydrogen-bond acceptors (Lipinski definition) is 7. The first-order valence-electron chi connectivity index (χ1n) is 20.5. The zero-order chi connectivity index (χ0) is 39.0. The van der Waals surface area contributed by atoms with Gasteiger partial charge in [-0.1, -0.05) is 79.1 Å². The van der Waals surface area contributed by atoms with E-state index in [4.69, 9.17) is 0 Å². The standard InChI is InChI=1S/C40H67N5O7S/c1-8-9-16-28(31(46)34(48)41-27-17-18-27)42-33(47)30-29-26(23-38(29,5)6)24-45(30)35(49)32(39(7)19-12-10-13-20-39)43-36(50)44-40(21-14-11-15-22-40)25-53(51,52)37(2,3)4/h26-30,32H,8-25H2,1-7H3,(H,41,48)(H,42,47)(H2,43,44,50)/t26?,28-,29-,30-,32+/m0/s1. The van der Waals surface area contributed by atoms with E-state index < -0.39 is 67.3 Å². The molecular weight excluding hydrogens is 695 g/mol. The summed E-state index contributed by atoms with van der Waals surface area (Å²) >= 11 is 0. The largest absolute Gasteiger partial charge is 0.347 e. The Morgan fingerprint density at radius 2 is 1.47 bits per heavy atom. The normalized spacial score (nSPS) is 27.3. The third-order valence-electron chi connectivity index (χ3n) is 13.3. The Labute approximate surface area is 317 Å². The molecule has 5 fully saturated rings. The number of carbonyl (C=O) groups is 5. The van der Waals surface area contributed by atoms with Crippen LogP contribution in [-0.2, 0) is 29.0 Å². The van der Waals surface area contributed by atoms with E-state index in [0.717, 1.165) is 77.0 Å². The number of nitrogens with zero attached hydrogens (tertiary/aromatic N) is 1. The molecule has 0 aromatic heterocycles. The van der Waals surface area contributed by atoms with Gasteiger partial charge in [0, 0.05) is 12.6 Å². The molecule has 4 N–H and O–H groups in total. The van der Waals surface area contributed by atoms with Crippen molar-refractivity contribution in [2.24, 2.45) is 22.7 Å². The molecule has 13 heteroatoms. The van der Waals surface area contributed by atoms with Crippen LogP contribution in [0.4, 0.5) is 4.79 Å². The van der Waals surface area contributed by atoms with Gasteiger partial charge < -0.3 is 26.2 Å². The Kier molecular flexibility index (Phi) is 12.4. The van der Waals surface area contributed by atoms with Gasteiger partial charge in [-0.15, -0.1) is 0 Å². The molecule has 5 atom stereocenters. The van der Waals surface area contributed by atoms with Crippen LogP contribution in [0.2, 0.25) is 0 Å². The van der Waals surface area contributed by atoms with Crippen LogP contribution in [0.25, 0.3) is 0 Å². The summed E-state index contributed by atoms with van der Waals surface area (Å²) in [5.41, 5.74) is -1.75. The van der Waals surface area contributed by atoms with Crippen LogP contribution < -0.4 is 21.3 Å². The van der Waals surface area contributed by atoms with E-state index in [0.29, 0.717) is 32.2 Å². The minimum absolute atomic E-state index is 0.00660. The SMILES string of the molecule is CCCC[C@H](NC(=O)[C@@H]1[C@@H]2C(CN1C(=O)[C@@H](NC(=O)NC1(CS(=O)(=O)C(C)(C)C)CCCCC1)C1(C)CCCCC1)CC2(C)C)C(=O)C(=O)NC1CC1. The Morgan fingerprint density at radius 1 is 0.868 bits per heavy atom. The number of carbonyl (C=O) groups excluding carboxylic acids is 5. The highest BCUT2D eigenvalue weighted by Gasteiger charge is 2.62. The lowest BCUT2D eigenvalue weighted by atomic mass is 9.55. The molecule has 1 heterocycles. The number of hydrogen-bond donors (Lipinski definition) is 4. The summed E-state index contributed by atoms with van der Waals surface area (Å²) in [7, 11) is -3.57. The molecule has 1 aliphatic heterocycles. The number of fused-ring (bicyclic) bond motifs is 1. The molecule has 0 aromatic rings. The molecule has 0 radical (unpaired) electrons. The third-order valence-corrected chi connectivity index (χ3v) is 16.1. The van der Waals surface area contributed by atoms with Gasteiger partial charge >= 0.3 is 6.03 Å². The highest BCUT2D eigenvalue weighted by molar-refractivity contribution is 7.92. The monoisotopic (exact) mass is 761 g/mol. The van der Waals surface area contributed by atoms with Gasteiger partial charge in [-0.3, -0.25) is 19.2 Å². The summed E-state index contributed by atoms with van der Waals surface area (Å²) in [6.07, 6.45) is 12.2. The van der Waals surface area contributed by atoms with E-state index in [1.165, 1.54) is 0 Å². The predicted molar refractivity (Wildman–Crippen MR) is 205 cm³/mol. The molecule has 1 saturated heterocycles. The van der Waals surface area contributed by atoms with Crippen LogP contribution in [-0.4, -0.2) is 89.6 Å². The maximum Gasteiger partial charge on any atom is 0.315 e. The molecule has 5 amide bonds. The number of likely N-dealkylation sites (tertiary alicyclic amines) is 1. The Bertz CT molecular complexity index is 1500. The van der Waals surface area contributed by atoms with E-state index in [2.05, 4.69) is 35.1 Å². The van der Waals surface area contributed by atoms with Crippen LogP contribution in [0.1, 0.15) is 151 Å². The zero-order valence-corrected chi connectivity index (χ0v) is 34.2. The lowest BCUT2D eigenvalue weighted by molar-refractivity contribution is -0.146. The first kappa shape index (κ1) is 41.5. The van der Waals surface area contributed by atoms with Crippen molar-refractivity contribution < 1.29 is 32.4 Å². The summed E-state index contributed by atoms with van der Waals surface area (Å²) in [5, 5.41) is 11.9. The quantitative estimate of drug-likeness (QED) is 0.182. The van der Waals surface area contributed by atoms with E-state index in [1.54, 1.807) is 25.7 Å². The predicted octanol–water partition coefficient (Wildman–Crippen LogP) is 4.94. The van der Waals surface area contributed by atoms with Gasteiger partial charge in [-0.25, -0.2) is 13.2 Å². The van der Waals surface area contributed by atoms with Gasteiger partial charge in [0.2, 0.25) is 17.6 Å². The van der Waals surface area contributed by atoms with Crippen LogP contribution in [0.5, 0.6) is 0 Å². The van der Waals surface area contributed by atoms with Crippen molar-refractivity contribution in [3.63, 3.8) is 0 Å². The molecule has 1 unspecified atom stereocenters. The minimum Gasteiger partial charge on any atom is -0.347 e. The second-order valence-corrected chi connectivity index (χ2v) is 21.9. The van der Waals surface area contributed by atoms with Crippen LogP contribution >= 0.6 is 0 Å². The number of ketones is 1. The first-order valence-corrected chi connectivity index (χ1v) is 22.1. The maximum absolute atomic E-state index is 15.1. The van der Waals surface area contributed by atoms with E-state index in [1.807, 2.05) is 13.8 Å². The molecule has 300 valence electrons. The molecule has 5 rings (SSSR count). The Hall–Kier alpha value is -2.70. The lowest BCUT2D eigenvalue weighted by Gasteiger charge is -2.49. The number of rotatable bonds is 14. The van der Waals surface area contributed by atoms with Crippen LogP contribution in [0, 0.1) is 22.7 Å². The fraction of sp³-hybridized carbons (Fsp3) is 0.875. The third kappa shape index (κ3) is 9.23. The van der Waals surface area contributed by atoms with Crippen molar-refractivity contribution in [2.75, 3.05) is 12.3 Å². The first-order chi connectivity index (χ1) is 24.7. The van der Waals surface area contributed by atoms with Gasteiger partial charge in [0.05, 0.1) is 22.1 Å². The van der Waals surface area contributed by atoms with Crippen LogP contribution in [0.3, 0.4) is 0 Å². The van der Waals surface area contributed by atoms with Crippen molar-refractivity contribution in [3.8, 4) is 0 Å². The summed E-state index contributed by atoms with van der Waals surface area (Å²) < 4.78 is 26.0. The summed E-state index contributed by atoms with van der Waals surface area (Å²) in [6, 6.07) is -3.35. The average Bonchev–Trinajstić information content (AvgIpc) is 3.82. The van der Waals surface area contributed by atoms with Crippen molar-refractivity contribution in [2.45, 2.75) is 186 Å². The number of amides is 5. The van der Waals surface area contributed by atoms with Gasteiger partial charge in [0.1, 0.15) is 12.1 Å². The smallest absolute Gasteiger partial charge is 0.315 e. The molecule has 4 saturated carbocycles. The molecular formula is C40H67N5O7S. The van der Waals surface area contributed by atoms with Crippen molar-refractivity contribution in [3.05, 3.63) is 0 Å². The second-order valence-electron chi connectivity index (χ2n) is 19.2. The molecule has 0 bridgehead atoms. The van der Waals surface area contributed by atoms with Gasteiger partial charge in [0.15, 0.2) is 9.84 Å². The van der Waals surface area contributed by atoms with Crippen molar-refractivity contribution in [1.82, 2.24) is 26.2 Å². The summed E-state index contributed by atoms with van der Waals surface area (Å²) in [4.78, 5) is 71.5. The Balaban J connectivity index is 1.42. The highest BCUT2D eigenvalue weighted by atomic mass is 32.2. The van der Waals surface area contributed by atoms with Crippen molar-refractivity contribution in [1.29, 1.82) is 0 Å². The molecule has 5 aliphatic rings. The molecule has 0 spiro atoms. The number of unbranched alkanes of at least 4 members (excludes halogenated alkanes) is 1. The number of urea groups is 1. The number of nitrogens with one attached hydrogen (secondary N) is 4. The van der Waals surface area contributed by atoms with Crippen molar-refractivity contribution >= 4 is 39.4 Å². The number of sulfone groups is 1. The topological polar surface area (TPSA) is 171 Å². The molecule has 53 heavy (non-hydrogen) atoms. The molecule has 12 nitrogen and oxygen atoms in total. The fourth-order valence-corrected chi connectivity index (χ4v) is 11.3. The maximum atomic E-state index is 15.1. The average molecular weight is 762 g/mol. The fourth-order valence-electron chi connectivity index (χ4n) is 9.82. The zero-order valence-electron chi connectivity index (χ0n) is 33.4. The van der Waals surface area contributed by atoms with Crippen LogP contribution in [0.15, 0.2) is 0 Å². The van der Waals surface area contributed by atoms with E-state index in [-0.39, 0.29) is 35.0 Å². The lowest BCUT2D eigenvalue weighted by Crippen LogP contribution is -2.65. The molecule has 4 aliphatic carbocycles. The number of Topliss-reactive ketones (excluding diaryl/α,β-unsaturated/α-hetero) is 1. The highest BCUT2D eigenvalue weighted by Crippen LogP contribution is 2.57. The van der Waals surface area contributed by atoms with Gasteiger partial charge in [0.25, 0.3) is 5.91 Å². The Morgan fingerprint density at radius 3 is 2.02 bits per heavy atom.